The zero-order chi connectivity index (χ0) is 16.2. The van der Waals surface area contributed by atoms with Crippen molar-refractivity contribution in [3.05, 3.63) is 34.3 Å². The van der Waals surface area contributed by atoms with Crippen molar-refractivity contribution in [3.8, 4) is 0 Å². The Hall–Kier alpha value is -0.920. The summed E-state index contributed by atoms with van der Waals surface area (Å²) < 4.78 is 25.3. The van der Waals surface area contributed by atoms with E-state index in [1.165, 1.54) is 0 Å². The zero-order valence-electron chi connectivity index (χ0n) is 12.6. The van der Waals surface area contributed by atoms with E-state index in [4.69, 9.17) is 0 Å². The number of amides is 1. The van der Waals surface area contributed by atoms with Crippen LogP contribution in [0.25, 0.3) is 0 Å². The lowest BCUT2D eigenvalue weighted by Crippen LogP contribution is -2.45. The Kier molecular flexibility index (Phi) is 6.00. The van der Waals surface area contributed by atoms with Crippen LogP contribution in [0.15, 0.2) is 28.7 Å². The van der Waals surface area contributed by atoms with E-state index in [1.807, 2.05) is 0 Å². The van der Waals surface area contributed by atoms with Gasteiger partial charge in [-0.15, -0.1) is 0 Å². The molecule has 1 aliphatic heterocycles. The molecular formula is C15H21BrN2O3S. The zero-order valence-corrected chi connectivity index (χ0v) is 15.0. The summed E-state index contributed by atoms with van der Waals surface area (Å²) in [5.41, 5.74) is 0.695. The third kappa shape index (κ3) is 5.07. The number of carbonyl (C=O) groups excluding carboxylic acids is 1. The number of nitrogens with one attached hydrogen (secondary N) is 1. The molecule has 7 heteroatoms. The van der Waals surface area contributed by atoms with E-state index in [-0.39, 0.29) is 17.7 Å². The highest BCUT2D eigenvalue weighted by atomic mass is 79.9. The average molecular weight is 389 g/mol. The topological polar surface area (TPSA) is 66.5 Å². The second-order valence-electron chi connectivity index (χ2n) is 5.64. The van der Waals surface area contributed by atoms with Crippen LogP contribution in [-0.2, 0) is 20.4 Å². The van der Waals surface area contributed by atoms with Crippen LogP contribution in [0, 0.1) is 0 Å². The molecular weight excluding hydrogens is 368 g/mol. The fourth-order valence-corrected chi connectivity index (χ4v) is 4.22. The molecule has 2 rings (SSSR count). The molecule has 1 aliphatic rings. The van der Waals surface area contributed by atoms with Gasteiger partial charge in [-0.25, -0.2) is 8.42 Å². The number of sulfone groups is 1. The molecule has 0 atom stereocenters. The molecule has 0 unspecified atom stereocenters. The smallest absolute Gasteiger partial charge is 0.237 e. The second-order valence-corrected chi connectivity index (χ2v) is 8.62. The fourth-order valence-electron chi connectivity index (χ4n) is 2.57. The Bertz CT molecular complexity index is 610. The third-order valence-corrected chi connectivity index (χ3v) is 5.88. The summed E-state index contributed by atoms with van der Waals surface area (Å²) in [5, 5.41) is 3.23. The lowest BCUT2D eigenvalue weighted by molar-refractivity contribution is -0.129. The summed E-state index contributed by atoms with van der Waals surface area (Å²) in [6.45, 7) is 1.74. The number of hydrogen-bond acceptors (Lipinski definition) is 4. The van der Waals surface area contributed by atoms with Gasteiger partial charge in [0.2, 0.25) is 5.91 Å². The molecule has 0 radical (unpaired) electrons. The van der Waals surface area contributed by atoms with Gasteiger partial charge in [0.05, 0.1) is 5.75 Å². The lowest BCUT2D eigenvalue weighted by Gasteiger charge is -2.31. The van der Waals surface area contributed by atoms with Crippen molar-refractivity contribution in [3.63, 3.8) is 0 Å². The van der Waals surface area contributed by atoms with Gasteiger partial charge in [-0.05, 0) is 43.6 Å². The molecule has 122 valence electrons. The SMILES string of the molecule is CN(C(=O)CS(=O)(=O)Cc1ccc(Br)cc1)C1CCNCC1. The Balaban J connectivity index is 1.95. The van der Waals surface area contributed by atoms with Crippen molar-refractivity contribution in [1.82, 2.24) is 10.2 Å². The van der Waals surface area contributed by atoms with Crippen LogP contribution in [0.4, 0.5) is 0 Å². The summed E-state index contributed by atoms with van der Waals surface area (Å²) in [4.78, 5) is 13.8. The summed E-state index contributed by atoms with van der Waals surface area (Å²) in [6, 6.07) is 7.24. The van der Waals surface area contributed by atoms with Crippen LogP contribution < -0.4 is 5.32 Å². The first-order valence-corrected chi connectivity index (χ1v) is 9.90. The number of hydrogen-bond donors (Lipinski definition) is 1. The number of piperidine rings is 1. The van der Waals surface area contributed by atoms with Crippen molar-refractivity contribution < 1.29 is 13.2 Å². The average Bonchev–Trinajstić information content (AvgIpc) is 2.49. The summed E-state index contributed by atoms with van der Waals surface area (Å²) >= 11 is 3.31. The van der Waals surface area contributed by atoms with Gasteiger partial charge in [-0.3, -0.25) is 4.79 Å². The Labute approximate surface area is 140 Å². The van der Waals surface area contributed by atoms with E-state index < -0.39 is 15.6 Å². The minimum Gasteiger partial charge on any atom is -0.342 e. The number of nitrogens with zero attached hydrogens (tertiary/aromatic N) is 1. The van der Waals surface area contributed by atoms with Crippen molar-refractivity contribution in [2.24, 2.45) is 0 Å². The number of halogens is 1. The van der Waals surface area contributed by atoms with E-state index in [0.29, 0.717) is 5.56 Å². The molecule has 5 nitrogen and oxygen atoms in total. The van der Waals surface area contributed by atoms with Gasteiger partial charge in [0.25, 0.3) is 0 Å². The summed E-state index contributed by atoms with van der Waals surface area (Å²) in [7, 11) is -1.75. The molecule has 1 saturated heterocycles. The maximum absolute atomic E-state index is 12.2. The Morgan fingerprint density at radius 3 is 2.45 bits per heavy atom. The highest BCUT2D eigenvalue weighted by Gasteiger charge is 2.26. The molecule has 1 aromatic carbocycles. The first-order chi connectivity index (χ1) is 10.4. The summed E-state index contributed by atoms with van der Waals surface area (Å²) in [6.07, 6.45) is 1.74. The minimum atomic E-state index is -3.45. The monoisotopic (exact) mass is 388 g/mol. The van der Waals surface area contributed by atoms with Crippen LogP contribution in [-0.4, -0.2) is 51.2 Å². The molecule has 0 saturated carbocycles. The molecule has 0 aromatic heterocycles. The third-order valence-electron chi connectivity index (χ3n) is 3.89. The number of benzene rings is 1. The van der Waals surface area contributed by atoms with Crippen molar-refractivity contribution in [1.29, 1.82) is 0 Å². The predicted molar refractivity (Wildman–Crippen MR) is 90.3 cm³/mol. The van der Waals surface area contributed by atoms with Gasteiger partial charge >= 0.3 is 0 Å². The van der Waals surface area contributed by atoms with Crippen molar-refractivity contribution in [2.45, 2.75) is 24.6 Å². The van der Waals surface area contributed by atoms with Crippen molar-refractivity contribution >= 4 is 31.7 Å². The molecule has 0 aliphatic carbocycles. The molecule has 1 aromatic rings. The van der Waals surface area contributed by atoms with Crippen molar-refractivity contribution in [2.75, 3.05) is 25.9 Å². The fraction of sp³-hybridized carbons (Fsp3) is 0.533. The van der Waals surface area contributed by atoms with Gasteiger partial charge in [-0.2, -0.15) is 0 Å². The van der Waals surface area contributed by atoms with E-state index in [2.05, 4.69) is 21.2 Å². The van der Waals surface area contributed by atoms with Gasteiger partial charge in [0.1, 0.15) is 5.75 Å². The molecule has 0 bridgehead atoms. The largest absolute Gasteiger partial charge is 0.342 e. The molecule has 1 amide bonds. The van der Waals surface area contributed by atoms with Gasteiger partial charge in [0.15, 0.2) is 9.84 Å². The molecule has 22 heavy (non-hydrogen) atoms. The first kappa shape index (κ1) is 17.4. The maximum atomic E-state index is 12.2. The van der Waals surface area contributed by atoms with Gasteiger partial charge in [-0.1, -0.05) is 28.1 Å². The van der Waals surface area contributed by atoms with Crippen LogP contribution in [0.5, 0.6) is 0 Å². The molecule has 1 N–H and O–H groups in total. The van der Waals surface area contributed by atoms with E-state index in [9.17, 15) is 13.2 Å². The number of carbonyl (C=O) groups is 1. The normalized spacial score (nSPS) is 16.5. The van der Waals surface area contributed by atoms with Gasteiger partial charge in [0, 0.05) is 17.6 Å². The predicted octanol–water partition coefficient (Wildman–Crippen LogP) is 1.57. The van der Waals surface area contributed by atoms with Crippen LogP contribution >= 0.6 is 15.9 Å². The Morgan fingerprint density at radius 1 is 1.27 bits per heavy atom. The molecule has 0 spiro atoms. The standard InChI is InChI=1S/C15H21BrN2O3S/c1-18(14-6-8-17-9-7-14)15(19)11-22(20,21)10-12-2-4-13(16)5-3-12/h2-5,14,17H,6-11H2,1H3. The van der Waals surface area contributed by atoms with E-state index in [1.54, 1.807) is 36.2 Å². The molecule has 1 heterocycles. The quantitative estimate of drug-likeness (QED) is 0.831. The maximum Gasteiger partial charge on any atom is 0.237 e. The van der Waals surface area contributed by atoms with E-state index >= 15 is 0 Å². The second kappa shape index (κ2) is 7.57. The highest BCUT2D eigenvalue weighted by molar-refractivity contribution is 9.10. The first-order valence-electron chi connectivity index (χ1n) is 7.28. The minimum absolute atomic E-state index is 0.105. The lowest BCUT2D eigenvalue weighted by atomic mass is 10.1. The molecule has 1 fully saturated rings. The van der Waals surface area contributed by atoms with Crippen LogP contribution in [0.1, 0.15) is 18.4 Å². The Morgan fingerprint density at radius 2 is 1.86 bits per heavy atom. The summed E-state index contributed by atoms with van der Waals surface area (Å²) in [5.74, 6) is -0.848. The van der Waals surface area contributed by atoms with Crippen LogP contribution in [0.3, 0.4) is 0 Å². The van der Waals surface area contributed by atoms with Crippen LogP contribution in [0.2, 0.25) is 0 Å². The highest BCUT2D eigenvalue weighted by Crippen LogP contribution is 2.15. The van der Waals surface area contributed by atoms with E-state index in [0.717, 1.165) is 30.4 Å². The number of rotatable bonds is 5. The van der Waals surface area contributed by atoms with Gasteiger partial charge < -0.3 is 10.2 Å².